The Balaban J connectivity index is 2.99. The first-order valence-corrected chi connectivity index (χ1v) is 4.62. The van der Waals surface area contributed by atoms with Gasteiger partial charge < -0.3 is 0 Å². The average molecular weight is 223 g/mol. The number of hydrogen-bond donors (Lipinski definition) is 0. The summed E-state index contributed by atoms with van der Waals surface area (Å²) >= 11 is 2.87. The quantitative estimate of drug-likeness (QED) is 0.625. The molecule has 0 N–H and O–H groups in total. The molecule has 0 spiro atoms. The summed E-state index contributed by atoms with van der Waals surface area (Å²) in [6.45, 7) is 2.08. The predicted molar refractivity (Wildman–Crippen MR) is 49.9 cm³/mol. The third-order valence-electron chi connectivity index (χ3n) is 1.86. The molecule has 0 aliphatic carbocycles. The first-order valence-electron chi connectivity index (χ1n) is 3.77. The van der Waals surface area contributed by atoms with E-state index in [-0.39, 0.29) is 0 Å². The minimum absolute atomic E-state index is 0.839. The van der Waals surface area contributed by atoms with Gasteiger partial charge in [-0.15, -0.1) is 0 Å². The molecule has 0 saturated heterocycles. The van der Waals surface area contributed by atoms with Crippen LogP contribution in [0.3, 0.4) is 0 Å². The molecule has 1 aromatic carbocycles. The second kappa shape index (κ2) is 2.89. The van der Waals surface area contributed by atoms with Crippen LogP contribution in [-0.4, -0.2) is 15.6 Å². The van der Waals surface area contributed by atoms with Crippen molar-refractivity contribution in [3.63, 3.8) is 0 Å². The van der Waals surface area contributed by atoms with E-state index < -0.39 is 0 Å². The molecule has 1 nitrogen and oxygen atoms in total. The van der Waals surface area contributed by atoms with E-state index >= 15 is 0 Å². The maximum atomic E-state index is 5.49. The number of para-hydroxylation sites is 1. The van der Waals surface area contributed by atoms with E-state index in [1.165, 1.54) is 10.9 Å². The van der Waals surface area contributed by atoms with Crippen LogP contribution in [0.25, 0.3) is 11.0 Å². The van der Waals surface area contributed by atoms with E-state index in [4.69, 9.17) is 4.42 Å². The van der Waals surface area contributed by atoms with E-state index in [1.807, 2.05) is 24.3 Å². The Labute approximate surface area is 78.4 Å². The molecule has 0 atom stereocenters. The number of hydrogen-bond acceptors (Lipinski definition) is 1. The van der Waals surface area contributed by atoms with Crippen molar-refractivity contribution in [1.29, 1.82) is 0 Å². The Morgan fingerprint density at radius 1 is 1.25 bits per heavy atom. The molecule has 0 unspecified atom stereocenters. The number of fused-ring (bicyclic) bond motifs is 1. The summed E-state index contributed by atoms with van der Waals surface area (Å²) in [7, 11) is 0. The van der Waals surface area contributed by atoms with Crippen LogP contribution < -0.4 is 0 Å². The van der Waals surface area contributed by atoms with E-state index in [0.29, 0.717) is 0 Å². The van der Waals surface area contributed by atoms with Crippen LogP contribution >= 0.6 is 0 Å². The zero-order valence-electron chi connectivity index (χ0n) is 6.70. The van der Waals surface area contributed by atoms with Gasteiger partial charge in [-0.25, -0.2) is 0 Å². The van der Waals surface area contributed by atoms with Gasteiger partial charge in [-0.05, 0) is 0 Å². The van der Waals surface area contributed by atoms with Crippen LogP contribution in [0, 0.1) is 11.2 Å². The Morgan fingerprint density at radius 3 is 2.83 bits per heavy atom. The third kappa shape index (κ3) is 1.24. The van der Waals surface area contributed by atoms with Crippen LogP contribution in [-0.2, 0) is 0 Å². The standard InChI is InChI=1S/C10H8OSe/c1-7-6-10(12)11-9-5-3-2-4-8(7)9/h2-6H,1H3. The van der Waals surface area contributed by atoms with E-state index in [1.54, 1.807) is 0 Å². The zero-order chi connectivity index (χ0) is 8.55. The molecule has 60 valence electrons. The van der Waals surface area contributed by atoms with Gasteiger partial charge in [0.05, 0.1) is 0 Å². The van der Waals surface area contributed by atoms with Crippen molar-refractivity contribution in [2.75, 3.05) is 0 Å². The van der Waals surface area contributed by atoms with Gasteiger partial charge in [-0.3, -0.25) is 0 Å². The summed E-state index contributed by atoms with van der Waals surface area (Å²) < 4.78 is 6.33. The summed E-state index contributed by atoms with van der Waals surface area (Å²) in [5.74, 6) is 0. The molecular weight excluding hydrogens is 215 g/mol. The average Bonchev–Trinajstić information content (AvgIpc) is 2.04. The first kappa shape index (κ1) is 7.78. The van der Waals surface area contributed by atoms with Crippen LogP contribution in [0.1, 0.15) is 5.56 Å². The van der Waals surface area contributed by atoms with Crippen molar-refractivity contribution >= 4 is 26.5 Å². The number of rotatable bonds is 0. The number of benzene rings is 1. The summed E-state index contributed by atoms with van der Waals surface area (Å²) in [5, 5.41) is 1.18. The van der Waals surface area contributed by atoms with Crippen LogP contribution in [0.2, 0.25) is 0 Å². The van der Waals surface area contributed by atoms with Crippen LogP contribution in [0.15, 0.2) is 34.7 Å². The molecular formula is C10H8OSe. The fourth-order valence-electron chi connectivity index (χ4n) is 1.27. The van der Waals surface area contributed by atoms with Crippen LogP contribution in [0.4, 0.5) is 0 Å². The molecule has 2 heteroatoms. The van der Waals surface area contributed by atoms with Gasteiger partial charge in [-0.1, -0.05) is 0 Å². The van der Waals surface area contributed by atoms with Gasteiger partial charge in [0.1, 0.15) is 0 Å². The molecule has 0 aliphatic rings. The molecule has 2 rings (SSSR count). The van der Waals surface area contributed by atoms with E-state index in [0.717, 1.165) is 9.84 Å². The Morgan fingerprint density at radius 2 is 2.00 bits per heavy atom. The van der Waals surface area contributed by atoms with Crippen LogP contribution in [0.5, 0.6) is 0 Å². The van der Waals surface area contributed by atoms with Gasteiger partial charge in [-0.2, -0.15) is 0 Å². The van der Waals surface area contributed by atoms with Crippen molar-refractivity contribution in [3.05, 3.63) is 40.2 Å². The van der Waals surface area contributed by atoms with Crippen molar-refractivity contribution < 1.29 is 4.42 Å². The third-order valence-corrected chi connectivity index (χ3v) is 2.28. The first-order chi connectivity index (χ1) is 5.77. The fourth-order valence-corrected chi connectivity index (χ4v) is 1.83. The zero-order valence-corrected chi connectivity index (χ0v) is 8.42. The molecule has 0 amide bonds. The van der Waals surface area contributed by atoms with Crippen molar-refractivity contribution in [2.24, 2.45) is 0 Å². The fraction of sp³-hybridized carbons (Fsp3) is 0.100. The number of aryl methyl sites for hydroxylation is 1. The summed E-state index contributed by atoms with van der Waals surface area (Å²) in [4.78, 5) is 0. The Bertz CT molecular complexity index is 470. The minimum atomic E-state index is 0.839. The van der Waals surface area contributed by atoms with Gasteiger partial charge >= 0.3 is 78.0 Å². The predicted octanol–water partition coefficient (Wildman–Crippen LogP) is 2.44. The van der Waals surface area contributed by atoms with Crippen molar-refractivity contribution in [1.82, 2.24) is 0 Å². The molecule has 2 aromatic rings. The van der Waals surface area contributed by atoms with E-state index in [2.05, 4.69) is 28.6 Å². The molecule has 0 fully saturated rings. The molecule has 1 aromatic heterocycles. The van der Waals surface area contributed by atoms with E-state index in [9.17, 15) is 0 Å². The summed E-state index contributed by atoms with van der Waals surface area (Å²) in [6.07, 6.45) is 0. The van der Waals surface area contributed by atoms with Gasteiger partial charge in [0.2, 0.25) is 0 Å². The van der Waals surface area contributed by atoms with Gasteiger partial charge in [0.25, 0.3) is 0 Å². The molecule has 0 aliphatic heterocycles. The van der Waals surface area contributed by atoms with Gasteiger partial charge in [0, 0.05) is 0 Å². The van der Waals surface area contributed by atoms with Crippen molar-refractivity contribution in [3.8, 4) is 0 Å². The second-order valence-corrected chi connectivity index (χ2v) is 3.59. The van der Waals surface area contributed by atoms with Crippen molar-refractivity contribution in [2.45, 2.75) is 6.92 Å². The molecule has 12 heavy (non-hydrogen) atoms. The monoisotopic (exact) mass is 224 g/mol. The Kier molecular flexibility index (Phi) is 1.87. The maximum absolute atomic E-state index is 5.49. The summed E-state index contributed by atoms with van der Waals surface area (Å²) in [6, 6.07) is 10.0. The molecule has 0 radical (unpaired) electrons. The topological polar surface area (TPSA) is 13.1 Å². The molecule has 0 bridgehead atoms. The SMILES string of the molecule is Cc1cc(=[Se])oc2ccccc12. The molecule has 0 saturated carbocycles. The summed E-state index contributed by atoms with van der Waals surface area (Å²) in [5.41, 5.74) is 2.18. The van der Waals surface area contributed by atoms with Gasteiger partial charge in [0.15, 0.2) is 0 Å². The molecule has 1 heterocycles. The normalized spacial score (nSPS) is 10.4. The second-order valence-electron chi connectivity index (χ2n) is 2.74. The Hall–Kier alpha value is -0.851.